The average molecular weight is 332 g/mol. The Morgan fingerprint density at radius 3 is 2.83 bits per heavy atom. The fraction of sp³-hybridized carbons (Fsp3) is 0.588. The number of aromatic nitrogens is 1. The first-order chi connectivity index (χ1) is 11.5. The van der Waals surface area contributed by atoms with E-state index in [0.29, 0.717) is 23.5 Å². The van der Waals surface area contributed by atoms with E-state index >= 15 is 0 Å². The summed E-state index contributed by atoms with van der Waals surface area (Å²) in [6, 6.07) is 3.40. The van der Waals surface area contributed by atoms with Crippen molar-refractivity contribution in [1.82, 2.24) is 10.3 Å². The van der Waals surface area contributed by atoms with Crippen molar-refractivity contribution < 1.29 is 14.3 Å². The summed E-state index contributed by atoms with van der Waals surface area (Å²) < 4.78 is 5.73. The Labute approximate surface area is 141 Å². The van der Waals surface area contributed by atoms with Crippen LogP contribution in [0.3, 0.4) is 0 Å². The second kappa shape index (κ2) is 7.17. The van der Waals surface area contributed by atoms with Gasteiger partial charge in [-0.25, -0.2) is 9.78 Å². The van der Waals surface area contributed by atoms with Crippen LogP contribution in [0.2, 0.25) is 0 Å². The largest absolute Gasteiger partial charge is 0.378 e. The van der Waals surface area contributed by atoms with E-state index in [1.807, 2.05) is 0 Å². The minimum absolute atomic E-state index is 0.0911. The molecule has 0 bridgehead atoms. The van der Waals surface area contributed by atoms with Crippen LogP contribution in [-0.2, 0) is 9.53 Å². The molecule has 0 aromatic carbocycles. The number of hydrogen-bond acceptors (Lipinski definition) is 4. The van der Waals surface area contributed by atoms with E-state index in [4.69, 9.17) is 4.74 Å². The number of carbonyl (C=O) groups is 2. The number of anilines is 2. The van der Waals surface area contributed by atoms with Crippen LogP contribution >= 0.6 is 0 Å². The Kier molecular flexibility index (Phi) is 4.99. The first-order valence-electron chi connectivity index (χ1n) is 8.44. The lowest BCUT2D eigenvalue weighted by Crippen LogP contribution is -2.47. The van der Waals surface area contributed by atoms with Gasteiger partial charge in [-0.15, -0.1) is 0 Å². The van der Waals surface area contributed by atoms with Gasteiger partial charge in [0.05, 0.1) is 18.0 Å². The normalized spacial score (nSPS) is 25.7. The van der Waals surface area contributed by atoms with Gasteiger partial charge in [0.25, 0.3) is 0 Å². The van der Waals surface area contributed by atoms with Gasteiger partial charge in [0.1, 0.15) is 5.82 Å². The summed E-state index contributed by atoms with van der Waals surface area (Å²) in [7, 11) is 1.66. The standard InChI is InChI=1S/C17H24N4O3/c1-11(22)21(2)16-7-6-12(10-18-16)19-17(23)20-14-4-3-5-15-13(14)8-9-24-15/h6-7,10,13-15H,3-5,8-9H2,1-2H3,(H2,19,20,23). The van der Waals surface area contributed by atoms with Crippen molar-refractivity contribution in [1.29, 1.82) is 0 Å². The first kappa shape index (κ1) is 16.7. The lowest BCUT2D eigenvalue weighted by atomic mass is 9.82. The molecule has 3 rings (SSSR count). The van der Waals surface area contributed by atoms with Gasteiger partial charge in [0, 0.05) is 32.5 Å². The van der Waals surface area contributed by atoms with Crippen LogP contribution in [-0.4, -0.2) is 42.7 Å². The van der Waals surface area contributed by atoms with Gasteiger partial charge in [-0.2, -0.15) is 0 Å². The molecule has 3 atom stereocenters. The van der Waals surface area contributed by atoms with Crippen molar-refractivity contribution in [3.05, 3.63) is 18.3 Å². The zero-order chi connectivity index (χ0) is 17.1. The first-order valence-corrected chi connectivity index (χ1v) is 8.44. The van der Waals surface area contributed by atoms with Crippen LogP contribution < -0.4 is 15.5 Å². The van der Waals surface area contributed by atoms with E-state index in [1.165, 1.54) is 11.8 Å². The molecule has 3 unspecified atom stereocenters. The van der Waals surface area contributed by atoms with Gasteiger partial charge in [0.15, 0.2) is 0 Å². The molecule has 130 valence electrons. The molecule has 2 heterocycles. The predicted octanol–water partition coefficient (Wildman–Crippen LogP) is 2.14. The Morgan fingerprint density at radius 1 is 1.29 bits per heavy atom. The molecule has 2 N–H and O–H groups in total. The Morgan fingerprint density at radius 2 is 2.12 bits per heavy atom. The summed E-state index contributed by atoms with van der Waals surface area (Å²) in [6.07, 6.45) is 6.05. The highest BCUT2D eigenvalue weighted by Gasteiger charge is 2.38. The number of fused-ring (bicyclic) bond motifs is 1. The third-order valence-electron chi connectivity index (χ3n) is 4.92. The third-order valence-corrected chi connectivity index (χ3v) is 4.92. The van der Waals surface area contributed by atoms with Gasteiger partial charge in [-0.3, -0.25) is 4.79 Å². The van der Waals surface area contributed by atoms with Crippen molar-refractivity contribution >= 4 is 23.4 Å². The van der Waals surface area contributed by atoms with Gasteiger partial charge in [-0.1, -0.05) is 0 Å². The molecule has 7 heteroatoms. The highest BCUT2D eigenvalue weighted by molar-refractivity contribution is 5.91. The number of ether oxygens (including phenoxy) is 1. The van der Waals surface area contributed by atoms with Crippen molar-refractivity contribution in [2.75, 3.05) is 23.9 Å². The quantitative estimate of drug-likeness (QED) is 0.888. The molecule has 2 fully saturated rings. The summed E-state index contributed by atoms with van der Waals surface area (Å²) in [4.78, 5) is 29.2. The Balaban J connectivity index is 1.56. The Hall–Kier alpha value is -2.15. The van der Waals surface area contributed by atoms with Crippen molar-refractivity contribution in [2.24, 2.45) is 5.92 Å². The molecule has 1 saturated carbocycles. The third kappa shape index (κ3) is 3.67. The van der Waals surface area contributed by atoms with Crippen LogP contribution in [0.25, 0.3) is 0 Å². The number of pyridine rings is 1. The molecule has 1 aliphatic heterocycles. The summed E-state index contributed by atoms with van der Waals surface area (Å²) in [6.45, 7) is 2.27. The van der Waals surface area contributed by atoms with Crippen LogP contribution in [0.15, 0.2) is 18.3 Å². The number of amides is 3. The minimum Gasteiger partial charge on any atom is -0.378 e. The van der Waals surface area contributed by atoms with E-state index in [9.17, 15) is 9.59 Å². The topological polar surface area (TPSA) is 83.6 Å². The van der Waals surface area contributed by atoms with Crippen LogP contribution in [0.1, 0.15) is 32.6 Å². The van der Waals surface area contributed by atoms with Gasteiger partial charge in [-0.05, 0) is 37.8 Å². The van der Waals surface area contributed by atoms with Gasteiger partial charge >= 0.3 is 6.03 Å². The second-order valence-corrected chi connectivity index (χ2v) is 6.48. The lowest BCUT2D eigenvalue weighted by molar-refractivity contribution is -0.116. The maximum atomic E-state index is 12.2. The highest BCUT2D eigenvalue weighted by atomic mass is 16.5. The fourth-order valence-electron chi connectivity index (χ4n) is 3.51. The summed E-state index contributed by atoms with van der Waals surface area (Å²) in [5.74, 6) is 0.882. The maximum Gasteiger partial charge on any atom is 0.319 e. The highest BCUT2D eigenvalue weighted by Crippen LogP contribution is 2.34. The maximum absolute atomic E-state index is 12.2. The molecule has 7 nitrogen and oxygen atoms in total. The number of nitrogens with one attached hydrogen (secondary N) is 2. The van der Waals surface area contributed by atoms with Gasteiger partial charge < -0.3 is 20.3 Å². The van der Waals surface area contributed by atoms with Crippen LogP contribution in [0.5, 0.6) is 0 Å². The minimum atomic E-state index is -0.220. The van der Waals surface area contributed by atoms with E-state index in [2.05, 4.69) is 15.6 Å². The molecule has 24 heavy (non-hydrogen) atoms. The molecule has 3 amide bonds. The van der Waals surface area contributed by atoms with Gasteiger partial charge in [0.2, 0.25) is 5.91 Å². The van der Waals surface area contributed by atoms with Crippen LogP contribution in [0, 0.1) is 5.92 Å². The summed E-state index contributed by atoms with van der Waals surface area (Å²) in [5.41, 5.74) is 0.600. The number of nitrogens with zero attached hydrogens (tertiary/aromatic N) is 2. The molecule has 2 aliphatic rings. The van der Waals surface area contributed by atoms with E-state index in [-0.39, 0.29) is 18.0 Å². The van der Waals surface area contributed by atoms with Crippen molar-refractivity contribution in [3.63, 3.8) is 0 Å². The molecular weight excluding hydrogens is 308 g/mol. The van der Waals surface area contributed by atoms with Crippen molar-refractivity contribution in [3.8, 4) is 0 Å². The fourth-order valence-corrected chi connectivity index (χ4v) is 3.51. The number of hydrogen-bond donors (Lipinski definition) is 2. The van der Waals surface area contributed by atoms with E-state index < -0.39 is 0 Å². The summed E-state index contributed by atoms with van der Waals surface area (Å²) in [5, 5.41) is 5.88. The monoisotopic (exact) mass is 332 g/mol. The molecule has 1 saturated heterocycles. The van der Waals surface area contributed by atoms with Crippen molar-refractivity contribution in [2.45, 2.75) is 44.8 Å². The Bertz CT molecular complexity index is 604. The molecule has 1 aromatic rings. The van der Waals surface area contributed by atoms with Crippen LogP contribution in [0.4, 0.5) is 16.3 Å². The second-order valence-electron chi connectivity index (χ2n) is 6.48. The number of urea groups is 1. The zero-order valence-electron chi connectivity index (χ0n) is 14.1. The SMILES string of the molecule is CC(=O)N(C)c1ccc(NC(=O)NC2CCCC3OCCC23)cn1. The molecular formula is C17H24N4O3. The predicted molar refractivity (Wildman–Crippen MR) is 91.0 cm³/mol. The molecule has 0 spiro atoms. The summed E-state index contributed by atoms with van der Waals surface area (Å²) >= 11 is 0. The van der Waals surface area contributed by atoms with E-state index in [0.717, 1.165) is 32.3 Å². The molecule has 1 aliphatic carbocycles. The number of carbonyl (C=O) groups excluding carboxylic acids is 2. The molecule has 1 aromatic heterocycles. The zero-order valence-corrected chi connectivity index (χ0v) is 14.1. The van der Waals surface area contributed by atoms with E-state index in [1.54, 1.807) is 25.4 Å². The lowest BCUT2D eigenvalue weighted by Gasteiger charge is -2.33. The average Bonchev–Trinajstić information content (AvgIpc) is 3.04. The number of rotatable bonds is 3. The smallest absolute Gasteiger partial charge is 0.319 e. The molecule has 0 radical (unpaired) electrons.